The second kappa shape index (κ2) is 8.65. The molecule has 0 aliphatic carbocycles. The number of aromatic nitrogens is 1. The number of hydrazone groups is 1. The number of nitrogens with zero attached hydrogens (tertiary/aromatic N) is 3. The molecule has 0 saturated heterocycles. The van der Waals surface area contributed by atoms with Crippen LogP contribution in [-0.2, 0) is 0 Å². The number of para-hydroxylation sites is 1. The average molecular weight is 404 g/mol. The lowest BCUT2D eigenvalue weighted by molar-refractivity contribution is 0.0696. The Morgan fingerprint density at radius 3 is 2.50 bits per heavy atom. The van der Waals surface area contributed by atoms with E-state index in [1.54, 1.807) is 42.6 Å². The Kier molecular flexibility index (Phi) is 6.01. The van der Waals surface area contributed by atoms with Gasteiger partial charge in [-0.1, -0.05) is 18.2 Å². The van der Waals surface area contributed by atoms with E-state index in [2.05, 4.69) is 10.5 Å². The topological polar surface area (TPSA) is 86.9 Å². The third-order valence-corrected chi connectivity index (χ3v) is 4.84. The highest BCUT2D eigenvalue weighted by atomic mass is 16.4. The fourth-order valence-electron chi connectivity index (χ4n) is 3.29. The van der Waals surface area contributed by atoms with Crippen molar-refractivity contribution in [3.05, 3.63) is 82.7 Å². The average Bonchev–Trinajstić information content (AvgIpc) is 3.01. The summed E-state index contributed by atoms with van der Waals surface area (Å²) in [5.74, 6) is -1.29. The van der Waals surface area contributed by atoms with E-state index in [0.29, 0.717) is 11.3 Å². The van der Waals surface area contributed by atoms with E-state index in [4.69, 9.17) is 0 Å². The monoisotopic (exact) mass is 404 g/mol. The molecule has 1 heterocycles. The van der Waals surface area contributed by atoms with E-state index in [0.717, 1.165) is 22.6 Å². The minimum absolute atomic E-state index is 0.219. The molecular weight excluding hydrogens is 380 g/mol. The molecule has 154 valence electrons. The van der Waals surface area contributed by atoms with Gasteiger partial charge in [-0.05, 0) is 50.2 Å². The van der Waals surface area contributed by atoms with Crippen LogP contribution in [0.3, 0.4) is 0 Å². The smallest absolute Gasteiger partial charge is 0.337 e. The molecule has 1 amide bonds. The van der Waals surface area contributed by atoms with Crippen molar-refractivity contribution in [1.82, 2.24) is 9.99 Å². The largest absolute Gasteiger partial charge is 0.478 e. The maximum absolute atomic E-state index is 12.4. The molecule has 3 rings (SSSR count). The number of carbonyl (C=O) groups excluding carboxylic acids is 1. The first-order chi connectivity index (χ1) is 14.3. The fourth-order valence-corrected chi connectivity index (χ4v) is 3.29. The van der Waals surface area contributed by atoms with E-state index in [-0.39, 0.29) is 11.5 Å². The van der Waals surface area contributed by atoms with E-state index in [1.165, 1.54) is 0 Å². The molecule has 0 fully saturated rings. The van der Waals surface area contributed by atoms with Crippen molar-refractivity contribution in [1.29, 1.82) is 0 Å². The SMILES string of the molecule is Cc1cc(/C=N\NC(=O)c2cccc(N(C)C)c2)c(C)n1-c1ccccc1C(=O)O. The maximum Gasteiger partial charge on any atom is 0.337 e. The third-order valence-electron chi connectivity index (χ3n) is 4.84. The first-order valence-electron chi connectivity index (χ1n) is 9.42. The molecule has 1 aromatic heterocycles. The van der Waals surface area contributed by atoms with Gasteiger partial charge in [0.1, 0.15) is 0 Å². The zero-order chi connectivity index (χ0) is 21.8. The molecule has 0 spiro atoms. The Bertz CT molecular complexity index is 1130. The van der Waals surface area contributed by atoms with Crippen molar-refractivity contribution < 1.29 is 14.7 Å². The van der Waals surface area contributed by atoms with Crippen molar-refractivity contribution in [2.24, 2.45) is 5.10 Å². The van der Waals surface area contributed by atoms with Gasteiger partial charge in [0.05, 0.1) is 17.5 Å². The Labute approximate surface area is 175 Å². The molecule has 0 aliphatic heterocycles. The molecule has 30 heavy (non-hydrogen) atoms. The van der Waals surface area contributed by atoms with Gasteiger partial charge in [-0.25, -0.2) is 10.2 Å². The molecule has 2 N–H and O–H groups in total. The summed E-state index contributed by atoms with van der Waals surface area (Å²) in [6, 6.07) is 16.0. The van der Waals surface area contributed by atoms with Crippen molar-refractivity contribution in [2.45, 2.75) is 13.8 Å². The summed E-state index contributed by atoms with van der Waals surface area (Å²) in [6.07, 6.45) is 1.57. The van der Waals surface area contributed by atoms with Crippen LogP contribution in [0.5, 0.6) is 0 Å². The van der Waals surface area contributed by atoms with Gasteiger partial charge in [0.15, 0.2) is 0 Å². The van der Waals surface area contributed by atoms with E-state index in [1.807, 2.05) is 55.6 Å². The van der Waals surface area contributed by atoms with Gasteiger partial charge < -0.3 is 14.6 Å². The minimum atomic E-state index is -0.986. The van der Waals surface area contributed by atoms with Crippen LogP contribution in [0.4, 0.5) is 5.69 Å². The number of aryl methyl sites for hydroxylation is 1. The zero-order valence-corrected chi connectivity index (χ0v) is 17.4. The summed E-state index contributed by atoms with van der Waals surface area (Å²) in [5.41, 5.74) is 7.27. The van der Waals surface area contributed by atoms with Crippen molar-refractivity contribution in [3.63, 3.8) is 0 Å². The van der Waals surface area contributed by atoms with Crippen LogP contribution in [0.1, 0.15) is 37.7 Å². The number of benzene rings is 2. The second-order valence-electron chi connectivity index (χ2n) is 7.13. The summed E-state index contributed by atoms with van der Waals surface area (Å²) in [5, 5.41) is 13.6. The van der Waals surface area contributed by atoms with Crippen LogP contribution in [0.2, 0.25) is 0 Å². The molecule has 3 aromatic rings. The highest BCUT2D eigenvalue weighted by Gasteiger charge is 2.16. The zero-order valence-electron chi connectivity index (χ0n) is 17.4. The fraction of sp³-hybridized carbons (Fsp3) is 0.174. The number of hydrogen-bond acceptors (Lipinski definition) is 4. The lowest BCUT2D eigenvalue weighted by atomic mass is 10.1. The number of anilines is 1. The molecule has 0 bridgehead atoms. The van der Waals surface area contributed by atoms with Gasteiger partial charge >= 0.3 is 5.97 Å². The predicted molar refractivity (Wildman–Crippen MR) is 118 cm³/mol. The van der Waals surface area contributed by atoms with Crippen LogP contribution in [0.15, 0.2) is 59.7 Å². The quantitative estimate of drug-likeness (QED) is 0.485. The number of hydrogen-bond donors (Lipinski definition) is 2. The Morgan fingerprint density at radius 1 is 1.07 bits per heavy atom. The Morgan fingerprint density at radius 2 is 1.80 bits per heavy atom. The first-order valence-corrected chi connectivity index (χ1v) is 9.42. The molecule has 7 nitrogen and oxygen atoms in total. The van der Waals surface area contributed by atoms with Crippen LogP contribution in [0, 0.1) is 13.8 Å². The second-order valence-corrected chi connectivity index (χ2v) is 7.13. The Balaban J connectivity index is 1.83. The molecule has 0 aliphatic rings. The summed E-state index contributed by atoms with van der Waals surface area (Å²) in [4.78, 5) is 25.9. The highest BCUT2D eigenvalue weighted by Crippen LogP contribution is 2.23. The van der Waals surface area contributed by atoms with Crippen molar-refractivity contribution >= 4 is 23.8 Å². The number of nitrogens with one attached hydrogen (secondary N) is 1. The van der Waals surface area contributed by atoms with Crippen LogP contribution >= 0.6 is 0 Å². The summed E-state index contributed by atoms with van der Waals surface area (Å²) < 4.78 is 1.87. The van der Waals surface area contributed by atoms with Crippen LogP contribution in [0.25, 0.3) is 5.69 Å². The molecular formula is C23H24N4O3. The molecule has 0 unspecified atom stereocenters. The lowest BCUT2D eigenvalue weighted by Gasteiger charge is -2.13. The van der Waals surface area contributed by atoms with Gasteiger partial charge in [-0.15, -0.1) is 0 Å². The maximum atomic E-state index is 12.4. The molecule has 0 saturated carbocycles. The van der Waals surface area contributed by atoms with Crippen LogP contribution in [-0.4, -0.2) is 41.9 Å². The van der Waals surface area contributed by atoms with Gasteiger partial charge in [0, 0.05) is 42.3 Å². The molecule has 0 radical (unpaired) electrons. The normalized spacial score (nSPS) is 10.9. The standard InChI is InChI=1S/C23H24N4O3/c1-15-12-18(16(2)27(15)21-11-6-5-10-20(21)23(29)30)14-24-25-22(28)17-8-7-9-19(13-17)26(3)4/h5-14H,1-4H3,(H,25,28)(H,29,30)/b24-14-. The number of carboxylic acids is 1. The molecule has 7 heteroatoms. The highest BCUT2D eigenvalue weighted by molar-refractivity contribution is 5.96. The van der Waals surface area contributed by atoms with E-state index < -0.39 is 5.97 Å². The van der Waals surface area contributed by atoms with E-state index >= 15 is 0 Å². The minimum Gasteiger partial charge on any atom is -0.478 e. The predicted octanol–water partition coefficient (Wildman–Crippen LogP) is 3.62. The number of carbonyl (C=O) groups is 2. The number of aromatic carboxylic acids is 1. The number of amides is 1. The van der Waals surface area contributed by atoms with Gasteiger partial charge in [-0.3, -0.25) is 4.79 Å². The lowest BCUT2D eigenvalue weighted by Crippen LogP contribution is -2.18. The summed E-state index contributed by atoms with van der Waals surface area (Å²) in [6.45, 7) is 3.78. The first kappa shape index (κ1) is 20.9. The molecule has 0 atom stereocenters. The van der Waals surface area contributed by atoms with Crippen molar-refractivity contribution in [2.75, 3.05) is 19.0 Å². The number of carboxylic acid groups (broad SMARTS) is 1. The van der Waals surface area contributed by atoms with Gasteiger partial charge in [0.2, 0.25) is 0 Å². The van der Waals surface area contributed by atoms with Gasteiger partial charge in [-0.2, -0.15) is 5.10 Å². The van der Waals surface area contributed by atoms with Crippen molar-refractivity contribution in [3.8, 4) is 5.69 Å². The summed E-state index contributed by atoms with van der Waals surface area (Å²) >= 11 is 0. The number of rotatable bonds is 6. The van der Waals surface area contributed by atoms with E-state index in [9.17, 15) is 14.7 Å². The molecule has 2 aromatic carbocycles. The van der Waals surface area contributed by atoms with Gasteiger partial charge in [0.25, 0.3) is 5.91 Å². The van der Waals surface area contributed by atoms with Crippen LogP contribution < -0.4 is 10.3 Å². The summed E-state index contributed by atoms with van der Waals surface area (Å²) in [7, 11) is 3.82. The third kappa shape index (κ3) is 4.25. The Hall–Kier alpha value is -3.87.